The molecule has 0 amide bonds. The number of rotatable bonds is 21. The first-order chi connectivity index (χ1) is 32.9. The van der Waals surface area contributed by atoms with Crippen molar-refractivity contribution in [2.75, 3.05) is 18.1 Å². The van der Waals surface area contributed by atoms with Crippen molar-refractivity contribution in [2.45, 2.75) is 65.2 Å². The number of furan rings is 1. The van der Waals surface area contributed by atoms with Gasteiger partial charge in [0.25, 0.3) is 0 Å². The zero-order valence-electron chi connectivity index (χ0n) is 38.3. The van der Waals surface area contributed by atoms with E-state index < -0.39 is 5.97 Å². The van der Waals surface area contributed by atoms with E-state index in [9.17, 15) is 15.2 Å². The Bertz CT molecular complexity index is 2820. The molecule has 0 atom stereocenters. The van der Waals surface area contributed by atoms with Gasteiger partial charge in [-0.05, 0) is 131 Å². The standard InChI is InChI=1S/C60H56N2O5/c1-3-5-7-9-37-65-56-33-23-48(24-34-56)46-19-29-54(30-20-46)62(55-31-21-47(22-32-55)49-25-35-57(36-26-49)66-38-10-8-6-4-2)53-27-17-45(18-28-53)44-13-15-50(16-14-44)59-41-51-12-11-43(40-58(51)67-59)39-52(42-61)60(63)64/h11-36,39-41H,3-10,37-38H2,1-2H3,(H,63,64). The Hall–Kier alpha value is -7.82. The molecule has 0 aliphatic carbocycles. The van der Waals surface area contributed by atoms with E-state index >= 15 is 0 Å². The number of carboxylic acid groups (broad SMARTS) is 1. The van der Waals surface area contributed by atoms with Crippen molar-refractivity contribution >= 4 is 40.1 Å². The van der Waals surface area contributed by atoms with Crippen LogP contribution in [0.15, 0.2) is 180 Å². The number of benzene rings is 7. The van der Waals surface area contributed by atoms with Crippen LogP contribution in [-0.4, -0.2) is 24.3 Å². The van der Waals surface area contributed by atoms with Crippen molar-refractivity contribution in [3.05, 3.63) is 181 Å². The Morgan fingerprint density at radius 3 is 1.34 bits per heavy atom. The van der Waals surface area contributed by atoms with Gasteiger partial charge in [-0.3, -0.25) is 0 Å². The number of carbonyl (C=O) groups is 1. The first-order valence-electron chi connectivity index (χ1n) is 23.5. The fourth-order valence-electron chi connectivity index (χ4n) is 8.20. The van der Waals surface area contributed by atoms with Crippen LogP contribution in [0.3, 0.4) is 0 Å². The summed E-state index contributed by atoms with van der Waals surface area (Å²) in [5.74, 6) is 1.24. The van der Waals surface area contributed by atoms with Crippen molar-refractivity contribution in [2.24, 2.45) is 0 Å². The van der Waals surface area contributed by atoms with Gasteiger partial charge in [-0.1, -0.05) is 149 Å². The number of anilines is 3. The lowest BCUT2D eigenvalue weighted by Gasteiger charge is -2.26. The summed E-state index contributed by atoms with van der Waals surface area (Å²) >= 11 is 0. The van der Waals surface area contributed by atoms with Crippen LogP contribution in [0, 0.1) is 11.3 Å². The second-order valence-corrected chi connectivity index (χ2v) is 16.8. The molecule has 1 aromatic heterocycles. The molecule has 7 aromatic carbocycles. The third kappa shape index (κ3) is 11.7. The van der Waals surface area contributed by atoms with E-state index in [1.54, 1.807) is 18.2 Å². The molecule has 0 spiro atoms. The van der Waals surface area contributed by atoms with Crippen molar-refractivity contribution in [3.8, 4) is 62.3 Å². The summed E-state index contributed by atoms with van der Waals surface area (Å²) in [5.41, 5.74) is 11.6. The highest BCUT2D eigenvalue weighted by Gasteiger charge is 2.15. The van der Waals surface area contributed by atoms with Crippen molar-refractivity contribution in [1.82, 2.24) is 0 Å². The maximum atomic E-state index is 11.3. The van der Waals surface area contributed by atoms with Crippen LogP contribution < -0.4 is 14.4 Å². The zero-order valence-corrected chi connectivity index (χ0v) is 38.3. The van der Waals surface area contributed by atoms with Gasteiger partial charge in [0.15, 0.2) is 0 Å². The molecule has 1 heterocycles. The van der Waals surface area contributed by atoms with Crippen molar-refractivity contribution in [1.29, 1.82) is 5.26 Å². The zero-order chi connectivity index (χ0) is 46.4. The van der Waals surface area contributed by atoms with E-state index in [1.807, 2.05) is 24.3 Å². The van der Waals surface area contributed by atoms with Gasteiger partial charge >= 0.3 is 5.97 Å². The fraction of sp³-hybridized carbons (Fsp3) is 0.200. The van der Waals surface area contributed by atoms with Crippen LogP contribution in [0.1, 0.15) is 70.8 Å². The molecule has 0 bridgehead atoms. The summed E-state index contributed by atoms with van der Waals surface area (Å²) in [7, 11) is 0. The Labute approximate surface area is 394 Å². The van der Waals surface area contributed by atoms with Crippen molar-refractivity contribution < 1.29 is 23.8 Å². The molecular formula is C60H56N2O5. The predicted molar refractivity (Wildman–Crippen MR) is 273 cm³/mol. The molecule has 7 nitrogen and oxygen atoms in total. The van der Waals surface area contributed by atoms with Gasteiger partial charge in [-0.15, -0.1) is 0 Å². The molecule has 0 fully saturated rings. The number of ether oxygens (including phenoxy) is 2. The smallest absolute Gasteiger partial charge is 0.346 e. The number of hydrogen-bond acceptors (Lipinski definition) is 6. The van der Waals surface area contributed by atoms with Gasteiger partial charge in [0.05, 0.1) is 13.2 Å². The third-order valence-electron chi connectivity index (χ3n) is 12.0. The molecule has 8 aromatic rings. The lowest BCUT2D eigenvalue weighted by atomic mass is 10.0. The normalized spacial score (nSPS) is 11.3. The number of nitriles is 1. The molecule has 0 saturated carbocycles. The molecule has 0 aliphatic rings. The molecule has 0 unspecified atom stereocenters. The Morgan fingerprint density at radius 1 is 0.537 bits per heavy atom. The lowest BCUT2D eigenvalue weighted by molar-refractivity contribution is -0.132. The van der Waals surface area contributed by atoms with E-state index in [-0.39, 0.29) is 5.57 Å². The minimum Gasteiger partial charge on any atom is -0.494 e. The third-order valence-corrected chi connectivity index (χ3v) is 12.0. The highest BCUT2D eigenvalue weighted by Crippen LogP contribution is 2.39. The van der Waals surface area contributed by atoms with Crippen LogP contribution in [0.4, 0.5) is 17.1 Å². The first kappa shape index (κ1) is 45.7. The molecule has 1 N–H and O–H groups in total. The maximum absolute atomic E-state index is 11.3. The summed E-state index contributed by atoms with van der Waals surface area (Å²) in [5, 5.41) is 19.3. The fourth-order valence-corrected chi connectivity index (χ4v) is 8.20. The number of carboxylic acids is 1. The summed E-state index contributed by atoms with van der Waals surface area (Å²) in [6, 6.07) is 60.2. The van der Waals surface area contributed by atoms with Gasteiger partial charge in [-0.2, -0.15) is 5.26 Å². The summed E-state index contributed by atoms with van der Waals surface area (Å²) in [6.45, 7) is 5.94. The highest BCUT2D eigenvalue weighted by molar-refractivity contribution is 5.97. The van der Waals surface area contributed by atoms with Crippen LogP contribution in [0.25, 0.3) is 61.7 Å². The SMILES string of the molecule is CCCCCCOc1ccc(-c2ccc(N(c3ccc(-c4ccc(OCCCCCC)cc4)cc3)c3ccc(-c4ccc(-c5cc6ccc(C=C(C#N)C(=O)O)cc6o5)cc4)cc3)cc2)cc1. The van der Waals surface area contributed by atoms with E-state index in [0.29, 0.717) is 16.9 Å². The van der Waals surface area contributed by atoms with E-state index in [1.165, 1.54) is 44.6 Å². The molecule has 67 heavy (non-hydrogen) atoms. The van der Waals surface area contributed by atoms with Gasteiger partial charge in [0, 0.05) is 28.0 Å². The average Bonchev–Trinajstić information content (AvgIpc) is 3.80. The number of unbranched alkanes of at least 4 members (excludes halogenated alkanes) is 6. The molecular weight excluding hydrogens is 829 g/mol. The lowest BCUT2D eigenvalue weighted by Crippen LogP contribution is -2.09. The van der Waals surface area contributed by atoms with E-state index in [0.717, 1.165) is 98.9 Å². The highest BCUT2D eigenvalue weighted by atomic mass is 16.5. The van der Waals surface area contributed by atoms with Gasteiger partial charge in [0.1, 0.15) is 34.5 Å². The molecule has 0 radical (unpaired) electrons. The minimum atomic E-state index is -1.26. The second-order valence-electron chi connectivity index (χ2n) is 16.8. The van der Waals surface area contributed by atoms with Crippen LogP contribution >= 0.6 is 0 Å². The van der Waals surface area contributed by atoms with Crippen LogP contribution in [-0.2, 0) is 4.79 Å². The second kappa shape index (κ2) is 22.4. The Kier molecular flexibility index (Phi) is 15.3. The number of nitrogens with zero attached hydrogens (tertiary/aromatic N) is 2. The van der Waals surface area contributed by atoms with Crippen LogP contribution in [0.2, 0.25) is 0 Å². The quantitative estimate of drug-likeness (QED) is 0.0436. The van der Waals surface area contributed by atoms with Crippen LogP contribution in [0.5, 0.6) is 11.5 Å². The monoisotopic (exact) mass is 884 g/mol. The number of fused-ring (bicyclic) bond motifs is 1. The summed E-state index contributed by atoms with van der Waals surface area (Å²) < 4.78 is 18.2. The van der Waals surface area contributed by atoms with E-state index in [2.05, 4.69) is 152 Å². The summed E-state index contributed by atoms with van der Waals surface area (Å²) in [6.07, 6.45) is 10.8. The number of hydrogen-bond donors (Lipinski definition) is 1. The Morgan fingerprint density at radius 2 is 0.940 bits per heavy atom. The molecule has 0 saturated heterocycles. The first-order valence-corrected chi connectivity index (χ1v) is 23.5. The topological polar surface area (TPSA) is 95.9 Å². The van der Waals surface area contributed by atoms with Gasteiger partial charge < -0.3 is 23.9 Å². The largest absolute Gasteiger partial charge is 0.494 e. The predicted octanol–water partition coefficient (Wildman–Crippen LogP) is 16.5. The maximum Gasteiger partial charge on any atom is 0.346 e. The molecule has 0 aliphatic heterocycles. The van der Waals surface area contributed by atoms with Gasteiger partial charge in [0.2, 0.25) is 0 Å². The number of aliphatic carboxylic acids is 1. The average molecular weight is 885 g/mol. The summed E-state index contributed by atoms with van der Waals surface area (Å²) in [4.78, 5) is 13.6. The molecule has 7 heteroatoms. The molecule has 336 valence electrons. The van der Waals surface area contributed by atoms with Gasteiger partial charge in [-0.25, -0.2) is 4.79 Å². The van der Waals surface area contributed by atoms with Crippen molar-refractivity contribution in [3.63, 3.8) is 0 Å². The molecule has 8 rings (SSSR count). The Balaban J connectivity index is 1.02. The minimum absolute atomic E-state index is 0.334. The van der Waals surface area contributed by atoms with E-state index in [4.69, 9.17) is 13.9 Å².